The van der Waals surface area contributed by atoms with Crippen molar-refractivity contribution in [3.05, 3.63) is 47.9 Å². The van der Waals surface area contributed by atoms with Crippen LogP contribution in [0.4, 0.5) is 4.39 Å². The molecule has 0 spiro atoms. The van der Waals surface area contributed by atoms with E-state index in [0.717, 1.165) is 0 Å². The first-order valence-electron chi connectivity index (χ1n) is 4.56. The van der Waals surface area contributed by atoms with Crippen LogP contribution in [0.5, 0.6) is 0 Å². The van der Waals surface area contributed by atoms with E-state index in [0.29, 0.717) is 5.69 Å². The summed E-state index contributed by atoms with van der Waals surface area (Å²) in [5.74, 6) is -1.14. The van der Waals surface area contributed by atoms with E-state index in [2.05, 4.69) is 20.0 Å². The fourth-order valence-electron chi connectivity index (χ4n) is 1.12. The van der Waals surface area contributed by atoms with E-state index >= 15 is 0 Å². The van der Waals surface area contributed by atoms with Crippen LogP contribution in [-0.2, 0) is 6.54 Å². The van der Waals surface area contributed by atoms with Crippen molar-refractivity contribution in [2.24, 2.45) is 0 Å². The lowest BCUT2D eigenvalue weighted by atomic mass is 10.3. The minimum atomic E-state index is -0.686. The highest BCUT2D eigenvalue weighted by Crippen LogP contribution is 1.99. The summed E-state index contributed by atoms with van der Waals surface area (Å²) in [7, 11) is 0. The topological polar surface area (TPSA) is 68.0 Å². The highest BCUT2D eigenvalue weighted by Gasteiger charge is 2.08. The van der Waals surface area contributed by atoms with Crippen molar-refractivity contribution in [3.63, 3.8) is 0 Å². The number of hydrogen-bond donors (Lipinski definition) is 1. The summed E-state index contributed by atoms with van der Waals surface area (Å²) in [6.45, 7) is 0.216. The van der Waals surface area contributed by atoms with Gasteiger partial charge < -0.3 is 9.84 Å². The summed E-state index contributed by atoms with van der Waals surface area (Å²) < 4.78 is 17.3. The van der Waals surface area contributed by atoms with Crippen molar-refractivity contribution in [1.82, 2.24) is 15.5 Å². The SMILES string of the molecule is O=C(NCc1ccon1)c1cccc(F)n1. The molecule has 2 rings (SSSR count). The molecule has 0 fully saturated rings. The molecule has 0 aromatic carbocycles. The van der Waals surface area contributed by atoms with Gasteiger partial charge in [0, 0.05) is 6.07 Å². The lowest BCUT2D eigenvalue weighted by molar-refractivity contribution is 0.0944. The van der Waals surface area contributed by atoms with E-state index < -0.39 is 11.9 Å². The Hall–Kier alpha value is -2.24. The number of nitrogens with zero attached hydrogens (tertiary/aromatic N) is 2. The first-order valence-corrected chi connectivity index (χ1v) is 4.56. The zero-order valence-corrected chi connectivity index (χ0v) is 8.18. The number of halogens is 1. The third-order valence-corrected chi connectivity index (χ3v) is 1.87. The van der Waals surface area contributed by atoms with Crippen LogP contribution in [0.3, 0.4) is 0 Å². The monoisotopic (exact) mass is 221 g/mol. The van der Waals surface area contributed by atoms with Gasteiger partial charge in [-0.25, -0.2) is 4.98 Å². The molecule has 2 aromatic rings. The average Bonchev–Trinajstić information content (AvgIpc) is 2.78. The Balaban J connectivity index is 1.98. The molecule has 2 heterocycles. The quantitative estimate of drug-likeness (QED) is 0.789. The van der Waals surface area contributed by atoms with Gasteiger partial charge in [-0.05, 0) is 12.1 Å². The second-order valence-corrected chi connectivity index (χ2v) is 3.02. The van der Waals surface area contributed by atoms with Crippen molar-refractivity contribution in [2.45, 2.75) is 6.54 Å². The molecule has 0 aliphatic carbocycles. The fourth-order valence-corrected chi connectivity index (χ4v) is 1.12. The highest BCUT2D eigenvalue weighted by molar-refractivity contribution is 5.92. The molecule has 0 unspecified atom stereocenters. The largest absolute Gasteiger partial charge is 0.364 e. The first kappa shape index (κ1) is 10.3. The van der Waals surface area contributed by atoms with Crippen LogP contribution in [0.2, 0.25) is 0 Å². The van der Waals surface area contributed by atoms with Crippen LogP contribution >= 0.6 is 0 Å². The van der Waals surface area contributed by atoms with Crippen molar-refractivity contribution < 1.29 is 13.7 Å². The van der Waals surface area contributed by atoms with Crippen LogP contribution in [-0.4, -0.2) is 16.0 Å². The Morgan fingerprint density at radius 1 is 1.44 bits per heavy atom. The summed E-state index contributed by atoms with van der Waals surface area (Å²) in [5.41, 5.74) is 0.619. The number of amides is 1. The molecule has 0 atom stereocenters. The number of rotatable bonds is 3. The maximum absolute atomic E-state index is 12.7. The van der Waals surface area contributed by atoms with Gasteiger partial charge >= 0.3 is 0 Å². The molecule has 1 amide bonds. The summed E-state index contributed by atoms with van der Waals surface area (Å²) in [5, 5.41) is 6.15. The predicted octanol–water partition coefficient (Wildman–Crippen LogP) is 1.14. The molecule has 0 saturated heterocycles. The van der Waals surface area contributed by atoms with Crippen molar-refractivity contribution in [3.8, 4) is 0 Å². The number of aromatic nitrogens is 2. The van der Waals surface area contributed by atoms with Gasteiger partial charge in [0.15, 0.2) is 0 Å². The van der Waals surface area contributed by atoms with E-state index in [1.807, 2.05) is 0 Å². The van der Waals surface area contributed by atoms with Gasteiger partial charge in [-0.3, -0.25) is 4.79 Å². The smallest absolute Gasteiger partial charge is 0.270 e. The van der Waals surface area contributed by atoms with Gasteiger partial charge in [0.05, 0.1) is 6.54 Å². The summed E-state index contributed by atoms with van der Waals surface area (Å²) in [6, 6.07) is 5.66. The molecule has 82 valence electrons. The third kappa shape index (κ3) is 2.41. The zero-order chi connectivity index (χ0) is 11.4. The number of hydrogen-bond acceptors (Lipinski definition) is 4. The second kappa shape index (κ2) is 4.52. The molecule has 0 aliphatic heterocycles. The summed E-state index contributed by atoms with van der Waals surface area (Å²) in [6.07, 6.45) is 1.40. The number of carbonyl (C=O) groups is 1. The van der Waals surface area contributed by atoms with E-state index in [1.165, 1.54) is 24.5 Å². The summed E-state index contributed by atoms with van der Waals surface area (Å²) in [4.78, 5) is 14.9. The number of carbonyl (C=O) groups excluding carboxylic acids is 1. The Morgan fingerprint density at radius 2 is 2.31 bits per heavy atom. The van der Waals surface area contributed by atoms with E-state index in [9.17, 15) is 9.18 Å². The van der Waals surface area contributed by atoms with Crippen LogP contribution in [0.25, 0.3) is 0 Å². The van der Waals surface area contributed by atoms with Gasteiger partial charge in [0.1, 0.15) is 17.7 Å². The molecule has 0 saturated carbocycles. The third-order valence-electron chi connectivity index (χ3n) is 1.87. The molecule has 0 aliphatic rings. The Morgan fingerprint density at radius 3 is 3.00 bits per heavy atom. The highest BCUT2D eigenvalue weighted by atomic mass is 19.1. The standard InChI is InChI=1S/C10H8FN3O2/c11-9-3-1-2-8(13-9)10(15)12-6-7-4-5-16-14-7/h1-5H,6H2,(H,12,15). The lowest BCUT2D eigenvalue weighted by Crippen LogP contribution is -2.24. The van der Waals surface area contributed by atoms with Crippen LogP contribution in [0.15, 0.2) is 35.1 Å². The normalized spacial score (nSPS) is 10.1. The first-order chi connectivity index (χ1) is 7.75. The number of nitrogens with one attached hydrogen (secondary N) is 1. The molecule has 1 N–H and O–H groups in total. The Labute approximate surface area is 90.3 Å². The molecule has 2 aromatic heterocycles. The van der Waals surface area contributed by atoms with Crippen LogP contribution in [0, 0.1) is 5.95 Å². The van der Waals surface area contributed by atoms with Crippen molar-refractivity contribution in [2.75, 3.05) is 0 Å². The second-order valence-electron chi connectivity index (χ2n) is 3.02. The van der Waals surface area contributed by atoms with Crippen molar-refractivity contribution in [1.29, 1.82) is 0 Å². The van der Waals surface area contributed by atoms with Gasteiger partial charge in [-0.15, -0.1) is 0 Å². The maximum Gasteiger partial charge on any atom is 0.270 e. The minimum absolute atomic E-state index is 0.0310. The zero-order valence-electron chi connectivity index (χ0n) is 8.18. The van der Waals surface area contributed by atoms with Crippen molar-refractivity contribution >= 4 is 5.91 Å². The van der Waals surface area contributed by atoms with Crippen LogP contribution < -0.4 is 5.32 Å². The molecule has 6 heteroatoms. The fraction of sp³-hybridized carbons (Fsp3) is 0.100. The molecule has 16 heavy (non-hydrogen) atoms. The minimum Gasteiger partial charge on any atom is -0.364 e. The van der Waals surface area contributed by atoms with E-state index in [1.54, 1.807) is 6.07 Å². The van der Waals surface area contributed by atoms with E-state index in [-0.39, 0.29) is 12.2 Å². The predicted molar refractivity (Wildman–Crippen MR) is 51.9 cm³/mol. The molecule has 0 bridgehead atoms. The molecular weight excluding hydrogens is 213 g/mol. The van der Waals surface area contributed by atoms with Gasteiger partial charge in [0.2, 0.25) is 5.95 Å². The van der Waals surface area contributed by atoms with Crippen LogP contribution in [0.1, 0.15) is 16.2 Å². The Bertz CT molecular complexity index is 485. The lowest BCUT2D eigenvalue weighted by Gasteiger charge is -2.01. The average molecular weight is 221 g/mol. The molecule has 0 radical (unpaired) electrons. The summed E-state index contributed by atoms with van der Waals surface area (Å²) >= 11 is 0. The van der Waals surface area contributed by atoms with E-state index in [4.69, 9.17) is 0 Å². The molecular formula is C10H8FN3O2. The van der Waals surface area contributed by atoms with Gasteiger partial charge in [-0.2, -0.15) is 4.39 Å². The van der Waals surface area contributed by atoms with Gasteiger partial charge in [-0.1, -0.05) is 11.2 Å². The van der Waals surface area contributed by atoms with Gasteiger partial charge in [0.25, 0.3) is 5.91 Å². The molecule has 5 nitrogen and oxygen atoms in total. The maximum atomic E-state index is 12.7. The Kier molecular flexibility index (Phi) is 2.90. The number of pyridine rings is 1.